The monoisotopic (exact) mass is 546 g/mol. The number of likely N-dealkylation sites (tertiary alicyclic amines) is 1. The highest BCUT2D eigenvalue weighted by atomic mass is 16.5. The minimum absolute atomic E-state index is 0.0447. The van der Waals surface area contributed by atoms with E-state index < -0.39 is 18.2 Å². The number of hydrogen-bond donors (Lipinski definition) is 2. The van der Waals surface area contributed by atoms with Crippen molar-refractivity contribution in [2.24, 2.45) is 5.92 Å². The number of carbonyl (C=O) groups excluding carboxylic acids is 3. The van der Waals surface area contributed by atoms with E-state index in [0.29, 0.717) is 6.41 Å². The summed E-state index contributed by atoms with van der Waals surface area (Å²) in [5.74, 6) is -0.863. The van der Waals surface area contributed by atoms with Crippen LogP contribution in [0, 0.1) is 26.7 Å². The maximum absolute atomic E-state index is 13.9. The molecule has 2 N–H and O–H groups in total. The second-order valence-electron chi connectivity index (χ2n) is 11.0. The molecule has 4 rings (SSSR count). The highest BCUT2D eigenvalue weighted by Crippen LogP contribution is 2.26. The first-order chi connectivity index (χ1) is 19.1. The van der Waals surface area contributed by atoms with Gasteiger partial charge in [0.1, 0.15) is 18.3 Å². The molecule has 2 aromatic carbocycles. The highest BCUT2D eigenvalue weighted by Gasteiger charge is 2.43. The van der Waals surface area contributed by atoms with Crippen molar-refractivity contribution >= 4 is 18.2 Å². The number of aromatic nitrogens is 1. The summed E-state index contributed by atoms with van der Waals surface area (Å²) in [7, 11) is 0. The number of aliphatic hydroxyl groups excluding tert-OH is 1. The van der Waals surface area contributed by atoms with Crippen LogP contribution in [0.25, 0.3) is 11.1 Å². The zero-order valence-corrected chi connectivity index (χ0v) is 23.8. The second-order valence-corrected chi connectivity index (χ2v) is 11.0. The molecule has 0 saturated carbocycles. The first-order valence-electron chi connectivity index (χ1n) is 13.6. The van der Waals surface area contributed by atoms with E-state index in [1.54, 1.807) is 6.26 Å². The van der Waals surface area contributed by atoms with Gasteiger partial charge in [-0.1, -0.05) is 61.5 Å². The van der Waals surface area contributed by atoms with Crippen LogP contribution in [0.5, 0.6) is 0 Å². The van der Waals surface area contributed by atoms with Crippen molar-refractivity contribution in [3.05, 3.63) is 76.7 Å². The van der Waals surface area contributed by atoms with Gasteiger partial charge in [-0.15, -0.1) is 0 Å². The average molecular weight is 547 g/mol. The van der Waals surface area contributed by atoms with Crippen molar-refractivity contribution in [3.8, 4) is 11.1 Å². The van der Waals surface area contributed by atoms with Crippen LogP contribution < -0.4 is 5.32 Å². The molecule has 3 aromatic rings. The second kappa shape index (κ2) is 12.5. The molecular formula is C31H38N4O5. The summed E-state index contributed by atoms with van der Waals surface area (Å²) in [6.07, 6.45) is 1.64. The number of benzene rings is 2. The lowest BCUT2D eigenvalue weighted by molar-refractivity contribution is -0.147. The van der Waals surface area contributed by atoms with E-state index in [9.17, 15) is 19.5 Å². The predicted octanol–water partition coefficient (Wildman–Crippen LogP) is 3.53. The Hall–Kier alpha value is -3.98. The SMILES string of the molecule is Cc1cc(-c2conc2C)ccc1CNC(=O)C1CC(O)CN1C(=O)C(C(C)C)N(C=O)Cc1ccccc1C. The van der Waals surface area contributed by atoms with Gasteiger partial charge in [-0.2, -0.15) is 0 Å². The fourth-order valence-corrected chi connectivity index (χ4v) is 5.40. The van der Waals surface area contributed by atoms with E-state index in [-0.39, 0.29) is 43.8 Å². The molecule has 3 atom stereocenters. The number of nitrogens with zero attached hydrogens (tertiary/aromatic N) is 3. The van der Waals surface area contributed by atoms with Crippen molar-refractivity contribution in [1.82, 2.24) is 20.3 Å². The Labute approximate surface area is 235 Å². The van der Waals surface area contributed by atoms with Gasteiger partial charge < -0.3 is 24.7 Å². The van der Waals surface area contributed by atoms with Crippen LogP contribution in [0.1, 0.15) is 48.2 Å². The number of hydrogen-bond acceptors (Lipinski definition) is 6. The van der Waals surface area contributed by atoms with E-state index >= 15 is 0 Å². The Balaban J connectivity index is 1.47. The first-order valence-corrected chi connectivity index (χ1v) is 13.6. The van der Waals surface area contributed by atoms with Gasteiger partial charge in [-0.05, 0) is 54.5 Å². The molecule has 212 valence electrons. The summed E-state index contributed by atoms with van der Waals surface area (Å²) in [5.41, 5.74) is 6.61. The Kier molecular flexibility index (Phi) is 9.04. The third-order valence-corrected chi connectivity index (χ3v) is 7.71. The molecule has 1 fully saturated rings. The van der Waals surface area contributed by atoms with Gasteiger partial charge in [0, 0.05) is 31.6 Å². The van der Waals surface area contributed by atoms with Crippen LogP contribution in [0.2, 0.25) is 0 Å². The maximum atomic E-state index is 13.9. The van der Waals surface area contributed by atoms with Crippen LogP contribution in [0.3, 0.4) is 0 Å². The zero-order chi connectivity index (χ0) is 29.0. The number of carbonyl (C=O) groups is 3. The summed E-state index contributed by atoms with van der Waals surface area (Å²) in [5, 5.41) is 17.3. The highest BCUT2D eigenvalue weighted by molar-refractivity contribution is 5.91. The van der Waals surface area contributed by atoms with Crippen molar-refractivity contribution < 1.29 is 24.0 Å². The standard InChI is InChI=1S/C31H38N4O5/c1-19(2)29(34(18-36)15-25-9-7-6-8-20(25)3)31(39)35-16-26(37)13-28(35)30(38)32-14-24-11-10-23(12-21(24)4)27-17-40-33-22(27)5/h6-12,17-19,26,28-29,37H,13-16H2,1-5H3,(H,32,38). The maximum Gasteiger partial charge on any atom is 0.246 e. The molecule has 9 heteroatoms. The van der Waals surface area contributed by atoms with Gasteiger partial charge in [0.2, 0.25) is 18.2 Å². The fraction of sp³-hybridized carbons (Fsp3) is 0.419. The van der Waals surface area contributed by atoms with Crippen molar-refractivity contribution in [2.75, 3.05) is 6.54 Å². The molecule has 40 heavy (non-hydrogen) atoms. The van der Waals surface area contributed by atoms with E-state index in [2.05, 4.69) is 10.5 Å². The quantitative estimate of drug-likeness (QED) is 0.376. The predicted molar refractivity (Wildman–Crippen MR) is 151 cm³/mol. The number of nitrogens with one attached hydrogen (secondary N) is 1. The number of amides is 3. The minimum Gasteiger partial charge on any atom is -0.391 e. The first kappa shape index (κ1) is 29.0. The molecule has 1 aliphatic rings. The number of aryl methyl sites for hydroxylation is 3. The van der Waals surface area contributed by atoms with Gasteiger partial charge >= 0.3 is 0 Å². The minimum atomic E-state index is -0.824. The normalized spacial score (nSPS) is 17.6. The number of rotatable bonds is 10. The summed E-state index contributed by atoms with van der Waals surface area (Å²) < 4.78 is 5.05. The Bertz CT molecular complexity index is 1370. The summed E-state index contributed by atoms with van der Waals surface area (Å²) in [6.45, 7) is 10.2. The van der Waals surface area contributed by atoms with Gasteiger partial charge in [0.15, 0.2) is 0 Å². The molecule has 3 amide bonds. The van der Waals surface area contributed by atoms with Crippen LogP contribution in [0.15, 0.2) is 53.3 Å². The third-order valence-electron chi connectivity index (χ3n) is 7.71. The van der Waals surface area contributed by atoms with Gasteiger partial charge in [-0.3, -0.25) is 14.4 Å². The molecule has 0 aliphatic carbocycles. The van der Waals surface area contributed by atoms with E-state index in [1.165, 1.54) is 9.80 Å². The molecule has 0 radical (unpaired) electrons. The number of aliphatic hydroxyl groups is 1. The van der Waals surface area contributed by atoms with Gasteiger partial charge in [0.25, 0.3) is 0 Å². The van der Waals surface area contributed by atoms with Crippen molar-refractivity contribution in [2.45, 2.75) is 72.3 Å². The van der Waals surface area contributed by atoms with E-state index in [1.807, 2.05) is 77.1 Å². The van der Waals surface area contributed by atoms with Crippen LogP contribution in [-0.4, -0.2) is 63.0 Å². The van der Waals surface area contributed by atoms with Gasteiger partial charge in [-0.25, -0.2) is 0 Å². The topological polar surface area (TPSA) is 116 Å². The molecule has 3 unspecified atom stereocenters. The third kappa shape index (κ3) is 6.25. The van der Waals surface area contributed by atoms with Gasteiger partial charge in [0.05, 0.1) is 11.8 Å². The van der Waals surface area contributed by atoms with E-state index in [4.69, 9.17) is 4.52 Å². The zero-order valence-electron chi connectivity index (χ0n) is 23.8. The lowest BCUT2D eigenvalue weighted by atomic mass is 9.99. The Morgan fingerprint density at radius 3 is 2.52 bits per heavy atom. The molecule has 1 aromatic heterocycles. The van der Waals surface area contributed by atoms with Crippen LogP contribution in [-0.2, 0) is 27.5 Å². The fourth-order valence-electron chi connectivity index (χ4n) is 5.40. The largest absolute Gasteiger partial charge is 0.391 e. The molecular weight excluding hydrogens is 508 g/mol. The molecule has 2 heterocycles. The van der Waals surface area contributed by atoms with E-state index in [0.717, 1.165) is 39.1 Å². The molecule has 1 saturated heterocycles. The Morgan fingerprint density at radius 1 is 1.15 bits per heavy atom. The van der Waals surface area contributed by atoms with Crippen LogP contribution in [0.4, 0.5) is 0 Å². The molecule has 1 aliphatic heterocycles. The molecule has 9 nitrogen and oxygen atoms in total. The lowest BCUT2D eigenvalue weighted by Crippen LogP contribution is -2.55. The van der Waals surface area contributed by atoms with Crippen molar-refractivity contribution in [3.63, 3.8) is 0 Å². The summed E-state index contributed by atoms with van der Waals surface area (Å²) in [4.78, 5) is 42.3. The molecule has 0 spiro atoms. The smallest absolute Gasteiger partial charge is 0.246 e. The lowest BCUT2D eigenvalue weighted by Gasteiger charge is -2.35. The average Bonchev–Trinajstić information content (AvgIpc) is 3.53. The van der Waals surface area contributed by atoms with Crippen LogP contribution >= 0.6 is 0 Å². The summed E-state index contributed by atoms with van der Waals surface area (Å²) >= 11 is 0. The Morgan fingerprint density at radius 2 is 1.90 bits per heavy atom. The van der Waals surface area contributed by atoms with Crippen molar-refractivity contribution in [1.29, 1.82) is 0 Å². The summed E-state index contributed by atoms with van der Waals surface area (Å²) in [6, 6.07) is 12.1. The number of β-amino-alcohol motifs (C(OH)–C–C–N with tert-alkyl or cyclic N) is 1. The molecule has 0 bridgehead atoms.